The van der Waals surface area contributed by atoms with E-state index in [9.17, 15) is 34.2 Å². The topological polar surface area (TPSA) is 200 Å². The maximum atomic E-state index is 13.6. The fraction of sp³-hybridized carbons (Fsp3) is 0.256. The van der Waals surface area contributed by atoms with Gasteiger partial charge in [0.2, 0.25) is 23.6 Å². The van der Waals surface area contributed by atoms with Gasteiger partial charge in [0.05, 0.1) is 6.04 Å². The highest BCUT2D eigenvalue weighted by Crippen LogP contribution is 2.12. The lowest BCUT2D eigenvalue weighted by atomic mass is 10.0. The zero-order valence-corrected chi connectivity index (χ0v) is 28.2. The first-order valence-electron chi connectivity index (χ1n) is 16.6. The van der Waals surface area contributed by atoms with E-state index in [2.05, 4.69) is 21.3 Å². The van der Waals surface area contributed by atoms with Crippen molar-refractivity contribution in [3.63, 3.8) is 0 Å². The van der Waals surface area contributed by atoms with Crippen molar-refractivity contribution in [2.75, 3.05) is 0 Å². The van der Waals surface area contributed by atoms with E-state index in [4.69, 9.17) is 5.73 Å². The molecular formula is C39H43N5O7. The average Bonchev–Trinajstić information content (AvgIpc) is 3.12. The van der Waals surface area contributed by atoms with Gasteiger partial charge in [0.1, 0.15) is 29.9 Å². The Bertz CT molecular complexity index is 1760. The quantitative estimate of drug-likeness (QED) is 0.0871. The standard InChI is InChI=1S/C39H43N5O7/c1-25(41-37(48)32(22-26-11-5-2-6-12-26)43-36(47)31(40)21-29-17-19-30(45)20-18-29)35(46)42-33(23-27-13-7-3-8-14-27)38(49)44-34(39(50)51)24-28-15-9-4-10-16-28/h2-20,25,31-34,45H,21-24,40H2,1H3,(H,41,48)(H,42,46)(H,43,47)(H,44,49)(H,50,51)/t25-,31-,32-,33-,34-/m1/s1. The lowest BCUT2D eigenvalue weighted by Crippen LogP contribution is -2.58. The molecule has 8 N–H and O–H groups in total. The van der Waals surface area contributed by atoms with Crippen LogP contribution < -0.4 is 27.0 Å². The third kappa shape index (κ3) is 12.1. The highest BCUT2D eigenvalue weighted by molar-refractivity contribution is 5.95. The van der Waals surface area contributed by atoms with Gasteiger partial charge in [-0.25, -0.2) is 4.79 Å². The van der Waals surface area contributed by atoms with Crippen molar-refractivity contribution in [1.82, 2.24) is 21.3 Å². The summed E-state index contributed by atoms with van der Waals surface area (Å²) in [6.45, 7) is 1.44. The minimum atomic E-state index is -1.25. The molecule has 4 aromatic carbocycles. The highest BCUT2D eigenvalue weighted by atomic mass is 16.4. The van der Waals surface area contributed by atoms with Crippen LogP contribution in [-0.2, 0) is 49.7 Å². The smallest absolute Gasteiger partial charge is 0.326 e. The van der Waals surface area contributed by atoms with E-state index in [-0.39, 0.29) is 31.4 Å². The fourth-order valence-corrected chi connectivity index (χ4v) is 5.37. The number of hydrogen-bond acceptors (Lipinski definition) is 7. The maximum Gasteiger partial charge on any atom is 0.326 e. The Kier molecular flexibility index (Phi) is 13.8. The van der Waals surface area contributed by atoms with E-state index in [0.29, 0.717) is 11.1 Å². The number of benzene rings is 4. The number of rotatable bonds is 17. The molecule has 51 heavy (non-hydrogen) atoms. The molecule has 0 spiro atoms. The molecule has 0 bridgehead atoms. The van der Waals surface area contributed by atoms with E-state index in [1.54, 1.807) is 97.1 Å². The highest BCUT2D eigenvalue weighted by Gasteiger charge is 2.31. The predicted molar refractivity (Wildman–Crippen MR) is 191 cm³/mol. The van der Waals surface area contributed by atoms with Gasteiger partial charge in [-0.05, 0) is 47.7 Å². The van der Waals surface area contributed by atoms with Crippen molar-refractivity contribution in [3.05, 3.63) is 138 Å². The van der Waals surface area contributed by atoms with Crippen LogP contribution in [0.4, 0.5) is 0 Å². The molecule has 4 rings (SSSR count). The lowest BCUT2D eigenvalue weighted by Gasteiger charge is -2.25. The Morgan fingerprint density at radius 2 is 0.882 bits per heavy atom. The average molecular weight is 694 g/mol. The zero-order valence-electron chi connectivity index (χ0n) is 28.2. The summed E-state index contributed by atoms with van der Waals surface area (Å²) in [4.78, 5) is 65.9. The molecule has 0 saturated heterocycles. The summed E-state index contributed by atoms with van der Waals surface area (Å²) in [5.74, 6) is -3.78. The monoisotopic (exact) mass is 693 g/mol. The number of aromatic hydroxyl groups is 1. The Hall–Kier alpha value is -6.01. The van der Waals surface area contributed by atoms with Crippen LogP contribution in [0.15, 0.2) is 115 Å². The van der Waals surface area contributed by atoms with Crippen LogP contribution in [-0.4, -0.2) is 70.0 Å². The molecule has 0 fully saturated rings. The van der Waals surface area contributed by atoms with E-state index >= 15 is 0 Å². The number of phenolic OH excluding ortho intramolecular Hbond substituents is 1. The number of amides is 4. The molecule has 0 aliphatic heterocycles. The lowest BCUT2D eigenvalue weighted by molar-refractivity contribution is -0.142. The maximum absolute atomic E-state index is 13.6. The Balaban J connectivity index is 1.45. The van der Waals surface area contributed by atoms with E-state index in [1.807, 2.05) is 6.07 Å². The summed E-state index contributed by atoms with van der Waals surface area (Å²) >= 11 is 0. The number of nitrogens with two attached hydrogens (primary N) is 1. The van der Waals surface area contributed by atoms with Crippen LogP contribution in [0.3, 0.4) is 0 Å². The van der Waals surface area contributed by atoms with Crippen LogP contribution in [0, 0.1) is 0 Å². The molecular weight excluding hydrogens is 650 g/mol. The fourth-order valence-electron chi connectivity index (χ4n) is 5.37. The van der Waals surface area contributed by atoms with Gasteiger partial charge < -0.3 is 37.2 Å². The molecule has 266 valence electrons. The molecule has 12 nitrogen and oxygen atoms in total. The Morgan fingerprint density at radius 3 is 1.33 bits per heavy atom. The molecule has 0 radical (unpaired) electrons. The van der Waals surface area contributed by atoms with Gasteiger partial charge in [0, 0.05) is 19.3 Å². The number of hydrogen-bond donors (Lipinski definition) is 7. The van der Waals surface area contributed by atoms with Gasteiger partial charge in [0.25, 0.3) is 0 Å². The van der Waals surface area contributed by atoms with Gasteiger partial charge in [-0.2, -0.15) is 0 Å². The van der Waals surface area contributed by atoms with Crippen LogP contribution in [0.5, 0.6) is 5.75 Å². The summed E-state index contributed by atoms with van der Waals surface area (Å²) < 4.78 is 0. The summed E-state index contributed by atoms with van der Waals surface area (Å²) in [5.41, 5.74) is 9.08. The van der Waals surface area contributed by atoms with Crippen molar-refractivity contribution in [3.8, 4) is 5.75 Å². The molecule has 0 aliphatic rings. The van der Waals surface area contributed by atoms with Crippen molar-refractivity contribution in [2.24, 2.45) is 5.73 Å². The molecule has 4 amide bonds. The molecule has 0 saturated carbocycles. The number of carboxylic acid groups (broad SMARTS) is 1. The molecule has 0 heterocycles. The predicted octanol–water partition coefficient (Wildman–Crippen LogP) is 2.03. The van der Waals surface area contributed by atoms with E-state index < -0.39 is 59.8 Å². The van der Waals surface area contributed by atoms with Gasteiger partial charge in [-0.1, -0.05) is 103 Å². The molecule has 0 unspecified atom stereocenters. The van der Waals surface area contributed by atoms with Gasteiger partial charge in [-0.3, -0.25) is 19.2 Å². The van der Waals surface area contributed by atoms with Crippen molar-refractivity contribution in [2.45, 2.75) is 62.8 Å². The van der Waals surface area contributed by atoms with Gasteiger partial charge in [0.15, 0.2) is 0 Å². The SMILES string of the molecule is C[C@@H](NC(=O)[C@@H](Cc1ccccc1)NC(=O)[C@H](N)Cc1ccc(O)cc1)C(=O)N[C@H](Cc1ccccc1)C(=O)N[C@H](Cc1ccccc1)C(=O)O. The van der Waals surface area contributed by atoms with Gasteiger partial charge in [-0.15, -0.1) is 0 Å². The summed E-state index contributed by atoms with van der Waals surface area (Å²) in [6.07, 6.45) is 0.356. The Morgan fingerprint density at radius 1 is 0.510 bits per heavy atom. The van der Waals surface area contributed by atoms with Crippen molar-refractivity contribution >= 4 is 29.6 Å². The number of phenols is 1. The summed E-state index contributed by atoms with van der Waals surface area (Å²) in [7, 11) is 0. The summed E-state index contributed by atoms with van der Waals surface area (Å²) in [6, 6.07) is 27.4. The second-order valence-electron chi connectivity index (χ2n) is 12.3. The first-order valence-corrected chi connectivity index (χ1v) is 16.6. The number of carbonyl (C=O) groups is 5. The summed E-state index contributed by atoms with van der Waals surface area (Å²) in [5, 5.41) is 30.0. The van der Waals surface area contributed by atoms with Crippen molar-refractivity contribution in [1.29, 1.82) is 0 Å². The number of aliphatic carboxylic acids is 1. The third-order valence-corrected chi connectivity index (χ3v) is 8.21. The number of carboxylic acids is 1. The molecule has 0 aromatic heterocycles. The van der Waals surface area contributed by atoms with E-state index in [1.165, 1.54) is 19.1 Å². The van der Waals surface area contributed by atoms with Crippen LogP contribution in [0.25, 0.3) is 0 Å². The van der Waals surface area contributed by atoms with Crippen molar-refractivity contribution < 1.29 is 34.2 Å². The first-order chi connectivity index (χ1) is 24.5. The van der Waals surface area contributed by atoms with E-state index in [0.717, 1.165) is 11.1 Å². The largest absolute Gasteiger partial charge is 0.508 e. The normalized spacial score (nSPS) is 13.8. The molecule has 0 aliphatic carbocycles. The third-order valence-electron chi connectivity index (χ3n) is 8.21. The van der Waals surface area contributed by atoms with Crippen LogP contribution >= 0.6 is 0 Å². The minimum Gasteiger partial charge on any atom is -0.508 e. The van der Waals surface area contributed by atoms with Crippen LogP contribution in [0.1, 0.15) is 29.2 Å². The second-order valence-corrected chi connectivity index (χ2v) is 12.3. The molecule has 12 heteroatoms. The molecule has 5 atom stereocenters. The first kappa shape index (κ1) is 37.8. The number of nitrogens with one attached hydrogen (secondary N) is 4. The zero-order chi connectivity index (χ0) is 36.8. The Labute approximate surface area is 296 Å². The minimum absolute atomic E-state index is 0.0352. The number of carbonyl (C=O) groups excluding carboxylic acids is 4. The second kappa shape index (κ2) is 18.7. The van der Waals surface area contributed by atoms with Crippen LogP contribution in [0.2, 0.25) is 0 Å². The molecule has 4 aromatic rings. The van der Waals surface area contributed by atoms with Gasteiger partial charge >= 0.3 is 5.97 Å².